The number of aryl methyl sites for hydroxylation is 1. The summed E-state index contributed by atoms with van der Waals surface area (Å²) in [6, 6.07) is 6.18. The van der Waals surface area contributed by atoms with Gasteiger partial charge in [0.05, 0.1) is 23.7 Å². The Morgan fingerprint density at radius 3 is 2.92 bits per heavy atom. The summed E-state index contributed by atoms with van der Waals surface area (Å²) < 4.78 is 7.18. The first-order valence-electron chi connectivity index (χ1n) is 8.50. The standard InChI is InChI=1S/C17H21N5O2S/c1-11-2-3-15(25-11)13-10-14(20-19-13)17-18-16(21-22(17)6-7-23)12-4-8-24-9-5-12/h2-3,10,12,23H,4-9H2,1H3,(H,19,20). The Morgan fingerprint density at radius 1 is 1.36 bits per heavy atom. The molecule has 3 aromatic rings. The first-order valence-corrected chi connectivity index (χ1v) is 9.32. The summed E-state index contributed by atoms with van der Waals surface area (Å²) in [4.78, 5) is 7.15. The molecular formula is C17H21N5O2S. The molecule has 25 heavy (non-hydrogen) atoms. The van der Waals surface area contributed by atoms with Gasteiger partial charge in [0.15, 0.2) is 11.6 Å². The smallest absolute Gasteiger partial charge is 0.179 e. The van der Waals surface area contributed by atoms with Crippen molar-refractivity contribution in [3.8, 4) is 22.1 Å². The van der Waals surface area contributed by atoms with E-state index in [1.807, 2.05) is 6.07 Å². The van der Waals surface area contributed by atoms with E-state index in [1.165, 1.54) is 4.88 Å². The first kappa shape index (κ1) is 16.4. The lowest BCUT2D eigenvalue weighted by Gasteiger charge is -2.18. The van der Waals surface area contributed by atoms with Gasteiger partial charge in [0.2, 0.25) is 0 Å². The van der Waals surface area contributed by atoms with Crippen molar-refractivity contribution >= 4 is 11.3 Å². The van der Waals surface area contributed by atoms with Gasteiger partial charge in [0.25, 0.3) is 0 Å². The molecule has 132 valence electrons. The molecule has 8 heteroatoms. The SMILES string of the molecule is Cc1ccc(-c2cc(-c3nc(C4CCOCC4)nn3CCO)n[nH]2)s1. The van der Waals surface area contributed by atoms with Crippen LogP contribution in [0.2, 0.25) is 0 Å². The van der Waals surface area contributed by atoms with Crippen molar-refractivity contribution in [2.75, 3.05) is 19.8 Å². The van der Waals surface area contributed by atoms with Gasteiger partial charge >= 0.3 is 0 Å². The number of thiophene rings is 1. The summed E-state index contributed by atoms with van der Waals surface area (Å²) in [6.07, 6.45) is 1.87. The minimum absolute atomic E-state index is 0.0188. The summed E-state index contributed by atoms with van der Waals surface area (Å²) >= 11 is 1.72. The van der Waals surface area contributed by atoms with E-state index in [0.717, 1.165) is 48.1 Å². The number of nitrogens with one attached hydrogen (secondary N) is 1. The van der Waals surface area contributed by atoms with Crippen molar-refractivity contribution in [3.63, 3.8) is 0 Å². The van der Waals surface area contributed by atoms with Crippen molar-refractivity contribution in [2.24, 2.45) is 0 Å². The minimum Gasteiger partial charge on any atom is -0.394 e. The normalized spacial score (nSPS) is 15.8. The molecule has 4 heterocycles. The van der Waals surface area contributed by atoms with E-state index in [2.05, 4.69) is 34.4 Å². The summed E-state index contributed by atoms with van der Waals surface area (Å²) in [5.74, 6) is 1.83. The molecule has 0 atom stereocenters. The van der Waals surface area contributed by atoms with Gasteiger partial charge < -0.3 is 9.84 Å². The third-order valence-corrected chi connectivity index (χ3v) is 5.43. The third-order valence-electron chi connectivity index (χ3n) is 4.40. The van der Waals surface area contributed by atoms with Gasteiger partial charge in [-0.2, -0.15) is 10.2 Å². The number of H-pyrrole nitrogens is 1. The van der Waals surface area contributed by atoms with E-state index in [0.29, 0.717) is 18.3 Å². The quantitative estimate of drug-likeness (QED) is 0.731. The first-order chi connectivity index (χ1) is 12.2. The second-order valence-electron chi connectivity index (χ2n) is 6.20. The lowest BCUT2D eigenvalue weighted by atomic mass is 10.00. The molecule has 3 aromatic heterocycles. The average Bonchev–Trinajstić information content (AvgIpc) is 3.35. The van der Waals surface area contributed by atoms with Crippen LogP contribution in [-0.4, -0.2) is 49.9 Å². The molecule has 0 bridgehead atoms. The molecule has 0 aliphatic carbocycles. The monoisotopic (exact) mass is 359 g/mol. The fourth-order valence-electron chi connectivity index (χ4n) is 3.07. The van der Waals surface area contributed by atoms with Gasteiger partial charge in [0.1, 0.15) is 5.69 Å². The lowest BCUT2D eigenvalue weighted by Crippen LogP contribution is -2.15. The molecular weight excluding hydrogens is 338 g/mol. The number of aliphatic hydroxyl groups excluding tert-OH is 1. The van der Waals surface area contributed by atoms with Crippen LogP contribution < -0.4 is 0 Å². The number of hydrogen-bond donors (Lipinski definition) is 2. The van der Waals surface area contributed by atoms with Gasteiger partial charge in [0, 0.05) is 24.0 Å². The Morgan fingerprint density at radius 2 is 2.20 bits per heavy atom. The summed E-state index contributed by atoms with van der Waals surface area (Å²) in [5.41, 5.74) is 1.72. The average molecular weight is 359 g/mol. The van der Waals surface area contributed by atoms with E-state index < -0.39 is 0 Å². The number of aliphatic hydroxyl groups is 1. The fraction of sp³-hybridized carbons (Fsp3) is 0.471. The maximum absolute atomic E-state index is 9.36. The molecule has 0 spiro atoms. The van der Waals surface area contributed by atoms with Gasteiger partial charge in [-0.25, -0.2) is 9.67 Å². The van der Waals surface area contributed by atoms with Gasteiger partial charge in [-0.3, -0.25) is 5.10 Å². The second kappa shape index (κ2) is 7.07. The molecule has 0 unspecified atom stereocenters. The van der Waals surface area contributed by atoms with E-state index in [9.17, 15) is 5.11 Å². The van der Waals surface area contributed by atoms with Gasteiger partial charge in [-0.05, 0) is 38.0 Å². The van der Waals surface area contributed by atoms with Crippen LogP contribution in [-0.2, 0) is 11.3 Å². The maximum atomic E-state index is 9.36. The van der Waals surface area contributed by atoms with Gasteiger partial charge in [-0.1, -0.05) is 0 Å². The van der Waals surface area contributed by atoms with Crippen LogP contribution in [0.5, 0.6) is 0 Å². The molecule has 1 aliphatic rings. The highest BCUT2D eigenvalue weighted by Gasteiger charge is 2.23. The zero-order valence-corrected chi connectivity index (χ0v) is 14.9. The Kier molecular flexibility index (Phi) is 4.65. The highest BCUT2D eigenvalue weighted by molar-refractivity contribution is 7.15. The maximum Gasteiger partial charge on any atom is 0.179 e. The van der Waals surface area contributed by atoms with Gasteiger partial charge in [-0.15, -0.1) is 11.3 Å². The predicted octanol–water partition coefficient (Wildman–Crippen LogP) is 2.59. The molecule has 7 nitrogen and oxygen atoms in total. The highest BCUT2D eigenvalue weighted by atomic mass is 32.1. The second-order valence-corrected chi connectivity index (χ2v) is 7.49. The van der Waals surface area contributed by atoms with E-state index >= 15 is 0 Å². The topological polar surface area (TPSA) is 88.8 Å². The largest absolute Gasteiger partial charge is 0.394 e. The van der Waals surface area contributed by atoms with E-state index in [-0.39, 0.29) is 6.61 Å². The van der Waals surface area contributed by atoms with E-state index in [1.54, 1.807) is 16.0 Å². The number of ether oxygens (including phenoxy) is 1. The number of aromatic amines is 1. The van der Waals surface area contributed by atoms with Crippen LogP contribution in [0.15, 0.2) is 18.2 Å². The summed E-state index contributed by atoms with van der Waals surface area (Å²) in [6.45, 7) is 4.01. The zero-order chi connectivity index (χ0) is 17.2. The van der Waals surface area contributed by atoms with Crippen molar-refractivity contribution in [1.29, 1.82) is 0 Å². The van der Waals surface area contributed by atoms with Crippen LogP contribution in [0, 0.1) is 6.92 Å². The molecule has 0 saturated carbocycles. The number of rotatable bonds is 5. The van der Waals surface area contributed by atoms with Crippen LogP contribution >= 0.6 is 11.3 Å². The van der Waals surface area contributed by atoms with Crippen LogP contribution in [0.25, 0.3) is 22.1 Å². The molecule has 1 aliphatic heterocycles. The number of hydrogen-bond acceptors (Lipinski definition) is 6. The van der Waals surface area contributed by atoms with Crippen molar-refractivity contribution in [2.45, 2.75) is 32.2 Å². The summed E-state index contributed by atoms with van der Waals surface area (Å²) in [5, 5.41) is 21.5. The third kappa shape index (κ3) is 3.37. The molecule has 4 rings (SSSR count). The Labute approximate surface area is 149 Å². The summed E-state index contributed by atoms with van der Waals surface area (Å²) in [7, 11) is 0. The molecule has 0 radical (unpaired) electrons. The number of nitrogens with zero attached hydrogens (tertiary/aromatic N) is 4. The van der Waals surface area contributed by atoms with Crippen molar-refractivity contribution in [1.82, 2.24) is 25.0 Å². The van der Waals surface area contributed by atoms with Crippen molar-refractivity contribution < 1.29 is 9.84 Å². The van der Waals surface area contributed by atoms with Crippen LogP contribution in [0.4, 0.5) is 0 Å². The molecule has 0 amide bonds. The molecule has 0 aromatic carbocycles. The van der Waals surface area contributed by atoms with E-state index in [4.69, 9.17) is 9.72 Å². The Balaban J connectivity index is 1.66. The van der Waals surface area contributed by atoms with Crippen LogP contribution in [0.1, 0.15) is 29.5 Å². The number of aromatic nitrogens is 5. The fourth-order valence-corrected chi connectivity index (χ4v) is 3.90. The van der Waals surface area contributed by atoms with Crippen LogP contribution in [0.3, 0.4) is 0 Å². The predicted molar refractivity (Wildman–Crippen MR) is 95.5 cm³/mol. The minimum atomic E-state index is 0.0188. The molecule has 1 saturated heterocycles. The Bertz CT molecular complexity index is 847. The highest BCUT2D eigenvalue weighted by Crippen LogP contribution is 2.30. The molecule has 1 fully saturated rings. The lowest BCUT2D eigenvalue weighted by molar-refractivity contribution is 0.0835. The van der Waals surface area contributed by atoms with Crippen molar-refractivity contribution in [3.05, 3.63) is 28.9 Å². The zero-order valence-electron chi connectivity index (χ0n) is 14.1. The molecule has 2 N–H and O–H groups in total. The Hall–Kier alpha value is -2.03.